The van der Waals surface area contributed by atoms with E-state index in [4.69, 9.17) is 16.3 Å². The van der Waals surface area contributed by atoms with Crippen LogP contribution in [0.15, 0.2) is 54.9 Å². The number of H-pyrrole nitrogens is 1. The third-order valence-electron chi connectivity index (χ3n) is 7.72. The van der Waals surface area contributed by atoms with Crippen LogP contribution in [0, 0.1) is 17.7 Å². The maximum atomic E-state index is 14.8. The van der Waals surface area contributed by atoms with Gasteiger partial charge in [0.05, 0.1) is 21.7 Å². The van der Waals surface area contributed by atoms with Crippen molar-refractivity contribution >= 4 is 40.0 Å². The average Bonchev–Trinajstić information content (AvgIpc) is 3.59. The highest BCUT2D eigenvalue weighted by Crippen LogP contribution is 2.37. The number of amides is 2. The van der Waals surface area contributed by atoms with Crippen molar-refractivity contribution in [2.75, 3.05) is 43.9 Å². The standard InChI is InChI=1S/C29H27ClF4N6O2/c1-39-11-17-14-40(15-18(17)12-39)13-16-2-3-19(8-21(16)29(32,33)34)37-28(41)38-24-5-4-20(9-23(24)31)42-25-6-7-35-27-26(25)22(30)10-36-27/h2-10,17-18H,11-15H2,1H3,(H,35,36)(H2,37,38,41)/t17-,18+. The van der Waals surface area contributed by atoms with E-state index in [0.29, 0.717) is 33.6 Å². The van der Waals surface area contributed by atoms with Gasteiger partial charge in [-0.15, -0.1) is 0 Å². The molecular weight excluding hydrogens is 576 g/mol. The van der Waals surface area contributed by atoms with Crippen LogP contribution in [0.3, 0.4) is 0 Å². The molecule has 0 bridgehead atoms. The number of benzene rings is 2. The van der Waals surface area contributed by atoms with E-state index in [2.05, 4.69) is 37.4 Å². The lowest BCUT2D eigenvalue weighted by Gasteiger charge is -2.22. The van der Waals surface area contributed by atoms with Gasteiger partial charge < -0.3 is 25.3 Å². The van der Waals surface area contributed by atoms with Crippen molar-refractivity contribution in [3.63, 3.8) is 0 Å². The molecule has 2 saturated heterocycles. The van der Waals surface area contributed by atoms with E-state index in [1.165, 1.54) is 30.5 Å². The van der Waals surface area contributed by atoms with E-state index in [1.807, 2.05) is 0 Å². The fourth-order valence-electron chi connectivity index (χ4n) is 5.90. The monoisotopic (exact) mass is 602 g/mol. The van der Waals surface area contributed by atoms with E-state index in [1.54, 1.807) is 12.3 Å². The third kappa shape index (κ3) is 5.87. The molecule has 6 rings (SSSR count). The summed E-state index contributed by atoms with van der Waals surface area (Å²) in [5.41, 5.74) is -0.405. The number of rotatable bonds is 6. The molecule has 2 aliphatic rings. The fraction of sp³-hybridized carbons (Fsp3) is 0.310. The molecule has 13 heteroatoms. The van der Waals surface area contributed by atoms with Crippen LogP contribution in [-0.2, 0) is 12.7 Å². The van der Waals surface area contributed by atoms with Crippen molar-refractivity contribution in [2.24, 2.45) is 11.8 Å². The predicted octanol–water partition coefficient (Wildman–Crippen LogP) is 6.80. The van der Waals surface area contributed by atoms with Gasteiger partial charge >= 0.3 is 12.2 Å². The van der Waals surface area contributed by atoms with Gasteiger partial charge in [0.15, 0.2) is 0 Å². The van der Waals surface area contributed by atoms with E-state index in [-0.39, 0.29) is 29.2 Å². The van der Waals surface area contributed by atoms with Gasteiger partial charge in [0, 0.05) is 56.9 Å². The lowest BCUT2D eigenvalue weighted by Crippen LogP contribution is -2.27. The number of aromatic nitrogens is 2. The van der Waals surface area contributed by atoms with E-state index in [0.717, 1.165) is 38.3 Å². The van der Waals surface area contributed by atoms with Crippen LogP contribution in [0.5, 0.6) is 11.5 Å². The number of aromatic amines is 1. The van der Waals surface area contributed by atoms with Crippen molar-refractivity contribution in [1.82, 2.24) is 19.8 Å². The first kappa shape index (κ1) is 28.3. The number of nitrogens with one attached hydrogen (secondary N) is 3. The number of likely N-dealkylation sites (tertiary alicyclic amines) is 2. The van der Waals surface area contributed by atoms with Crippen molar-refractivity contribution in [2.45, 2.75) is 12.7 Å². The zero-order valence-corrected chi connectivity index (χ0v) is 23.2. The summed E-state index contributed by atoms with van der Waals surface area (Å²) in [4.78, 5) is 24.0. The highest BCUT2D eigenvalue weighted by atomic mass is 35.5. The van der Waals surface area contributed by atoms with Crippen LogP contribution in [0.4, 0.5) is 33.7 Å². The number of hydrogen-bond acceptors (Lipinski definition) is 5. The summed E-state index contributed by atoms with van der Waals surface area (Å²) in [5, 5.41) is 5.62. The SMILES string of the molecule is CN1C[C@@H]2CN(Cc3ccc(NC(=O)Nc4ccc(Oc5ccnc6[nH]cc(Cl)c56)cc4F)cc3C(F)(F)F)C[C@@H]2C1. The molecule has 2 aliphatic heterocycles. The third-order valence-corrected chi connectivity index (χ3v) is 8.01. The number of carbonyl (C=O) groups excluding carboxylic acids is 1. The summed E-state index contributed by atoms with van der Waals surface area (Å²) in [7, 11) is 2.06. The maximum absolute atomic E-state index is 14.8. The first-order valence-corrected chi connectivity index (χ1v) is 13.7. The lowest BCUT2D eigenvalue weighted by molar-refractivity contribution is -0.138. The molecule has 2 fully saturated rings. The number of ether oxygens (including phenoxy) is 1. The number of halogens is 5. The van der Waals surface area contributed by atoms with Crippen molar-refractivity contribution in [3.05, 3.63) is 76.8 Å². The zero-order valence-electron chi connectivity index (χ0n) is 22.4. The minimum absolute atomic E-state index is 0.0612. The summed E-state index contributed by atoms with van der Waals surface area (Å²) in [5.74, 6) is 0.634. The van der Waals surface area contributed by atoms with Gasteiger partial charge in [-0.3, -0.25) is 4.90 Å². The number of pyridine rings is 1. The molecule has 0 spiro atoms. The second-order valence-corrected chi connectivity index (χ2v) is 11.2. The second kappa shape index (κ2) is 11.1. The topological polar surface area (TPSA) is 85.5 Å². The summed E-state index contributed by atoms with van der Waals surface area (Å²) >= 11 is 6.18. The molecule has 2 aromatic heterocycles. The number of anilines is 2. The molecule has 42 heavy (non-hydrogen) atoms. The molecule has 220 valence electrons. The Hall–Kier alpha value is -3.87. The molecule has 0 aliphatic carbocycles. The van der Waals surface area contributed by atoms with Crippen LogP contribution in [0.1, 0.15) is 11.1 Å². The molecular formula is C29H27ClF4N6O2. The molecule has 0 saturated carbocycles. The molecule has 2 atom stereocenters. The first-order valence-electron chi connectivity index (χ1n) is 13.3. The van der Waals surface area contributed by atoms with Crippen LogP contribution < -0.4 is 15.4 Å². The Morgan fingerprint density at radius 2 is 1.86 bits per heavy atom. The number of hydrogen-bond donors (Lipinski definition) is 3. The minimum atomic E-state index is -4.60. The number of carbonyl (C=O) groups is 1. The van der Waals surface area contributed by atoms with Gasteiger partial charge in [-0.05, 0) is 54.8 Å². The van der Waals surface area contributed by atoms with Gasteiger partial charge in [-0.25, -0.2) is 14.2 Å². The molecule has 0 unspecified atom stereocenters. The van der Waals surface area contributed by atoms with Crippen molar-refractivity contribution in [1.29, 1.82) is 0 Å². The smallest absolute Gasteiger partial charge is 0.416 e. The summed E-state index contributed by atoms with van der Waals surface area (Å²) < 4.78 is 62.5. The largest absolute Gasteiger partial charge is 0.456 e. The van der Waals surface area contributed by atoms with Crippen LogP contribution in [0.2, 0.25) is 5.02 Å². The normalized spacial score (nSPS) is 19.3. The predicted molar refractivity (Wildman–Crippen MR) is 151 cm³/mol. The highest BCUT2D eigenvalue weighted by molar-refractivity contribution is 6.36. The lowest BCUT2D eigenvalue weighted by atomic mass is 10.0. The highest BCUT2D eigenvalue weighted by Gasteiger charge is 2.40. The average molecular weight is 603 g/mol. The van der Waals surface area contributed by atoms with E-state index >= 15 is 0 Å². The Bertz CT molecular complexity index is 1630. The van der Waals surface area contributed by atoms with Crippen molar-refractivity contribution in [3.8, 4) is 11.5 Å². The molecule has 4 heterocycles. The summed E-state index contributed by atoms with van der Waals surface area (Å²) in [6.07, 6.45) is -1.54. The van der Waals surface area contributed by atoms with Crippen molar-refractivity contribution < 1.29 is 27.1 Å². The number of alkyl halides is 3. The molecule has 3 N–H and O–H groups in total. The maximum Gasteiger partial charge on any atom is 0.416 e. The Morgan fingerprint density at radius 1 is 1.10 bits per heavy atom. The van der Waals surface area contributed by atoms with Gasteiger partial charge in [0.2, 0.25) is 0 Å². The Labute approximate surface area is 243 Å². The zero-order chi connectivity index (χ0) is 29.6. The van der Waals surface area contributed by atoms with Gasteiger partial charge in [-0.2, -0.15) is 13.2 Å². The van der Waals surface area contributed by atoms with Gasteiger partial charge in [-0.1, -0.05) is 17.7 Å². The molecule has 4 aromatic rings. The van der Waals surface area contributed by atoms with Crippen LogP contribution in [-0.4, -0.2) is 59.0 Å². The van der Waals surface area contributed by atoms with Crippen LogP contribution in [0.25, 0.3) is 11.0 Å². The Morgan fingerprint density at radius 3 is 2.57 bits per heavy atom. The Balaban J connectivity index is 1.11. The van der Waals surface area contributed by atoms with Crippen LogP contribution >= 0.6 is 11.6 Å². The minimum Gasteiger partial charge on any atom is -0.456 e. The quantitative estimate of drug-likeness (QED) is 0.211. The van der Waals surface area contributed by atoms with Gasteiger partial charge in [0.25, 0.3) is 0 Å². The Kier molecular flexibility index (Phi) is 7.46. The van der Waals surface area contributed by atoms with E-state index < -0.39 is 23.6 Å². The first-order chi connectivity index (χ1) is 20.0. The summed E-state index contributed by atoms with van der Waals surface area (Å²) in [6.45, 7) is 3.61. The number of nitrogens with zero attached hydrogens (tertiary/aromatic N) is 3. The number of fused-ring (bicyclic) bond motifs is 2. The van der Waals surface area contributed by atoms with E-state index in [9.17, 15) is 22.4 Å². The molecule has 2 aromatic carbocycles. The fourth-order valence-corrected chi connectivity index (χ4v) is 6.13. The molecule has 8 nitrogen and oxygen atoms in total. The molecule has 2 amide bonds. The molecule has 0 radical (unpaired) electrons. The summed E-state index contributed by atoms with van der Waals surface area (Å²) in [6, 6.07) is 8.20. The number of urea groups is 1. The van der Waals surface area contributed by atoms with Gasteiger partial charge in [0.1, 0.15) is 23.0 Å². The second-order valence-electron chi connectivity index (χ2n) is 10.8.